The first-order valence-electron chi connectivity index (χ1n) is 6.91. The number of benzene rings is 1. The number of rotatable bonds is 3. The van der Waals surface area contributed by atoms with E-state index in [1.165, 1.54) is 19.5 Å². The van der Waals surface area contributed by atoms with Crippen molar-refractivity contribution in [2.75, 3.05) is 7.05 Å². The lowest BCUT2D eigenvalue weighted by Gasteiger charge is -2.14. The molecule has 3 aromatic heterocycles. The number of thiophene rings is 2. The summed E-state index contributed by atoms with van der Waals surface area (Å²) >= 11 is 3.31. The molecule has 3 nitrogen and oxygen atoms in total. The van der Waals surface area contributed by atoms with Crippen molar-refractivity contribution in [3.05, 3.63) is 59.4 Å². The molecule has 1 amide bonds. The predicted molar refractivity (Wildman–Crippen MR) is 91.7 cm³/mol. The third-order valence-corrected chi connectivity index (χ3v) is 5.98. The van der Waals surface area contributed by atoms with Crippen LogP contribution in [0.3, 0.4) is 0 Å². The molecule has 4 rings (SSSR count). The fourth-order valence-electron chi connectivity index (χ4n) is 2.50. The molecule has 5 heteroatoms. The molecule has 0 saturated carbocycles. The first-order valence-corrected chi connectivity index (χ1v) is 8.54. The minimum Gasteiger partial charge on any atom is -0.467 e. The summed E-state index contributed by atoms with van der Waals surface area (Å²) in [6.07, 6.45) is 1.63. The van der Waals surface area contributed by atoms with Crippen LogP contribution in [0, 0.1) is 0 Å². The maximum Gasteiger partial charge on any atom is 0.264 e. The number of carbonyl (C=O) groups is 1. The Bertz CT molecular complexity index is 950. The van der Waals surface area contributed by atoms with E-state index in [0.29, 0.717) is 6.54 Å². The van der Waals surface area contributed by atoms with Gasteiger partial charge in [-0.25, -0.2) is 0 Å². The van der Waals surface area contributed by atoms with Crippen LogP contribution in [0.1, 0.15) is 15.4 Å². The van der Waals surface area contributed by atoms with Crippen LogP contribution in [0.4, 0.5) is 0 Å². The molecule has 0 aliphatic heterocycles. The van der Waals surface area contributed by atoms with Crippen molar-refractivity contribution in [2.45, 2.75) is 6.54 Å². The average Bonchev–Trinajstić information content (AvgIpc) is 3.21. The lowest BCUT2D eigenvalue weighted by atomic mass is 10.2. The molecule has 3 heterocycles. The fraction of sp³-hybridized carbons (Fsp3) is 0.118. The maximum atomic E-state index is 12.6. The number of nitrogens with zero attached hydrogens (tertiary/aromatic N) is 1. The zero-order valence-corrected chi connectivity index (χ0v) is 13.5. The van der Waals surface area contributed by atoms with E-state index >= 15 is 0 Å². The average molecular weight is 327 g/mol. The lowest BCUT2D eigenvalue weighted by molar-refractivity contribution is 0.0780. The highest BCUT2D eigenvalue weighted by Crippen LogP contribution is 2.39. The van der Waals surface area contributed by atoms with E-state index in [9.17, 15) is 4.79 Å². The SMILES string of the molecule is CN(Cc1ccco1)C(=O)c1cc2sc3ccccc3c2s1. The Hall–Kier alpha value is -2.11. The van der Waals surface area contributed by atoms with E-state index in [2.05, 4.69) is 12.1 Å². The number of furan rings is 1. The molecule has 0 atom stereocenters. The molecular weight excluding hydrogens is 314 g/mol. The van der Waals surface area contributed by atoms with Crippen molar-refractivity contribution >= 4 is 48.1 Å². The van der Waals surface area contributed by atoms with Crippen LogP contribution in [0.2, 0.25) is 0 Å². The Kier molecular flexibility index (Phi) is 3.24. The molecule has 4 aromatic rings. The highest BCUT2D eigenvalue weighted by atomic mass is 32.1. The standard InChI is InChI=1S/C17H13NO2S2/c1-18(10-11-5-4-8-20-11)17(19)15-9-14-16(22-15)12-6-2-3-7-13(12)21-14/h2-9H,10H2,1H3. The van der Waals surface area contributed by atoms with Crippen LogP contribution >= 0.6 is 22.7 Å². The summed E-state index contributed by atoms with van der Waals surface area (Å²) in [5.74, 6) is 0.827. The van der Waals surface area contributed by atoms with Gasteiger partial charge in [-0.1, -0.05) is 18.2 Å². The Labute approximate surface area is 135 Å². The van der Waals surface area contributed by atoms with E-state index in [-0.39, 0.29) is 5.91 Å². The second kappa shape index (κ2) is 5.26. The molecular formula is C17H13NO2S2. The van der Waals surface area contributed by atoms with Crippen LogP contribution < -0.4 is 0 Å². The first-order chi connectivity index (χ1) is 10.7. The molecule has 0 fully saturated rings. The molecule has 0 N–H and O–H groups in total. The van der Waals surface area contributed by atoms with E-state index in [4.69, 9.17) is 4.42 Å². The molecule has 0 spiro atoms. The Morgan fingerprint density at radius 2 is 2.00 bits per heavy atom. The molecule has 1 aromatic carbocycles. The predicted octanol–water partition coefficient (Wildman–Crippen LogP) is 4.98. The normalized spacial score (nSPS) is 11.3. The van der Waals surface area contributed by atoms with Crippen molar-refractivity contribution in [3.8, 4) is 0 Å². The molecule has 0 aliphatic carbocycles. The van der Waals surface area contributed by atoms with Crippen molar-refractivity contribution in [1.82, 2.24) is 4.90 Å². The summed E-state index contributed by atoms with van der Waals surface area (Å²) in [7, 11) is 1.80. The lowest BCUT2D eigenvalue weighted by Crippen LogP contribution is -2.25. The molecule has 110 valence electrons. The van der Waals surface area contributed by atoms with Crippen LogP contribution in [0.15, 0.2) is 53.1 Å². The van der Waals surface area contributed by atoms with E-state index < -0.39 is 0 Å². The van der Waals surface area contributed by atoms with Gasteiger partial charge in [0, 0.05) is 21.8 Å². The molecule has 0 saturated heterocycles. The van der Waals surface area contributed by atoms with Crippen LogP contribution in [-0.2, 0) is 6.54 Å². The topological polar surface area (TPSA) is 33.5 Å². The largest absolute Gasteiger partial charge is 0.467 e. The minimum atomic E-state index is 0.0360. The second-order valence-electron chi connectivity index (χ2n) is 5.14. The van der Waals surface area contributed by atoms with Gasteiger partial charge in [0.15, 0.2) is 0 Å². The molecule has 0 radical (unpaired) electrons. The quantitative estimate of drug-likeness (QED) is 0.531. The summed E-state index contributed by atoms with van der Waals surface area (Å²) in [5.41, 5.74) is 0. The van der Waals surface area contributed by atoms with Crippen LogP contribution in [-0.4, -0.2) is 17.9 Å². The molecule has 0 unspecified atom stereocenters. The number of carbonyl (C=O) groups excluding carboxylic acids is 1. The van der Waals surface area contributed by atoms with Gasteiger partial charge in [-0.05, 0) is 24.3 Å². The fourth-order valence-corrected chi connectivity index (χ4v) is 5.02. The summed E-state index contributed by atoms with van der Waals surface area (Å²) in [6, 6.07) is 14.0. The van der Waals surface area contributed by atoms with Crippen molar-refractivity contribution in [1.29, 1.82) is 0 Å². The summed E-state index contributed by atoms with van der Waals surface area (Å²) in [5, 5.41) is 1.24. The number of fused-ring (bicyclic) bond motifs is 3. The van der Waals surface area contributed by atoms with E-state index in [0.717, 1.165) is 10.6 Å². The van der Waals surface area contributed by atoms with Crippen molar-refractivity contribution in [3.63, 3.8) is 0 Å². The maximum absolute atomic E-state index is 12.6. The molecule has 0 aliphatic rings. The third-order valence-electron chi connectivity index (χ3n) is 3.58. The monoisotopic (exact) mass is 327 g/mol. The van der Waals surface area contributed by atoms with Gasteiger partial charge in [0.2, 0.25) is 0 Å². The first kappa shape index (κ1) is 13.5. The van der Waals surface area contributed by atoms with Gasteiger partial charge in [-0.15, -0.1) is 22.7 Å². The Morgan fingerprint density at radius 1 is 1.14 bits per heavy atom. The van der Waals surface area contributed by atoms with Crippen molar-refractivity contribution < 1.29 is 9.21 Å². The smallest absolute Gasteiger partial charge is 0.264 e. The van der Waals surface area contributed by atoms with Crippen LogP contribution in [0.5, 0.6) is 0 Å². The summed E-state index contributed by atoms with van der Waals surface area (Å²) < 4.78 is 8.96. The van der Waals surface area contributed by atoms with Crippen LogP contribution in [0.25, 0.3) is 19.5 Å². The van der Waals surface area contributed by atoms with Gasteiger partial charge in [0.25, 0.3) is 5.91 Å². The van der Waals surface area contributed by atoms with Gasteiger partial charge in [-0.2, -0.15) is 0 Å². The molecule has 22 heavy (non-hydrogen) atoms. The van der Waals surface area contributed by atoms with Gasteiger partial charge in [0.1, 0.15) is 5.76 Å². The second-order valence-corrected chi connectivity index (χ2v) is 7.28. The van der Waals surface area contributed by atoms with Gasteiger partial charge >= 0.3 is 0 Å². The van der Waals surface area contributed by atoms with Gasteiger partial charge < -0.3 is 9.32 Å². The van der Waals surface area contributed by atoms with Gasteiger partial charge in [0.05, 0.1) is 22.4 Å². The van der Waals surface area contributed by atoms with E-state index in [1.54, 1.807) is 40.9 Å². The summed E-state index contributed by atoms with van der Waals surface area (Å²) in [4.78, 5) is 15.0. The van der Waals surface area contributed by atoms with Crippen molar-refractivity contribution in [2.24, 2.45) is 0 Å². The number of hydrogen-bond acceptors (Lipinski definition) is 4. The van der Waals surface area contributed by atoms with Gasteiger partial charge in [-0.3, -0.25) is 4.79 Å². The highest BCUT2D eigenvalue weighted by molar-refractivity contribution is 7.33. The number of amides is 1. The summed E-state index contributed by atoms with van der Waals surface area (Å²) in [6.45, 7) is 0.484. The number of hydrogen-bond donors (Lipinski definition) is 0. The van der Waals surface area contributed by atoms with E-state index in [1.807, 2.05) is 30.3 Å². The highest BCUT2D eigenvalue weighted by Gasteiger charge is 2.18. The Morgan fingerprint density at radius 3 is 2.82 bits per heavy atom. The third kappa shape index (κ3) is 2.23. The molecule has 0 bridgehead atoms. The zero-order valence-electron chi connectivity index (χ0n) is 11.9. The minimum absolute atomic E-state index is 0.0360. The zero-order chi connectivity index (χ0) is 15.1. The Balaban J connectivity index is 1.66.